The van der Waals surface area contributed by atoms with Gasteiger partial charge in [-0.2, -0.15) is 0 Å². The van der Waals surface area contributed by atoms with Gasteiger partial charge < -0.3 is 4.74 Å². The molecule has 0 aromatic carbocycles. The lowest BCUT2D eigenvalue weighted by Gasteiger charge is -2.38. The van der Waals surface area contributed by atoms with Crippen molar-refractivity contribution in [3.63, 3.8) is 0 Å². The minimum absolute atomic E-state index is 0.165. The van der Waals surface area contributed by atoms with Gasteiger partial charge in [-0.1, -0.05) is 13.8 Å². The van der Waals surface area contributed by atoms with Crippen LogP contribution in [0.25, 0.3) is 0 Å². The molecule has 0 bridgehead atoms. The summed E-state index contributed by atoms with van der Waals surface area (Å²) in [7, 11) is 0. The van der Waals surface area contributed by atoms with Gasteiger partial charge in [0.25, 0.3) is 0 Å². The average molecular weight is 270 g/mol. The van der Waals surface area contributed by atoms with Gasteiger partial charge in [0.2, 0.25) is 0 Å². The van der Waals surface area contributed by atoms with E-state index in [0.29, 0.717) is 13.0 Å². The predicted molar refractivity (Wildman–Crippen MR) is 73.6 cm³/mol. The van der Waals surface area contributed by atoms with Crippen molar-refractivity contribution in [1.82, 2.24) is 9.88 Å². The first kappa shape index (κ1) is 15.1. The van der Waals surface area contributed by atoms with Crippen LogP contribution in [0.5, 0.6) is 0 Å². The standard InChI is InChI=1S/C13H22N2O2S/c1-5-15(6-2)13(4,10-11(16)17-7-3)12-14-8-9-18-12/h8-9H,5-7,10H2,1-4H3. The molecule has 0 aliphatic carbocycles. The van der Waals surface area contributed by atoms with Gasteiger partial charge in [0, 0.05) is 11.6 Å². The second-order valence-electron chi connectivity index (χ2n) is 4.27. The quantitative estimate of drug-likeness (QED) is 0.714. The van der Waals surface area contributed by atoms with Crippen molar-refractivity contribution < 1.29 is 9.53 Å². The molecule has 18 heavy (non-hydrogen) atoms. The van der Waals surface area contributed by atoms with E-state index in [-0.39, 0.29) is 11.5 Å². The topological polar surface area (TPSA) is 42.4 Å². The van der Waals surface area contributed by atoms with Gasteiger partial charge in [-0.3, -0.25) is 9.69 Å². The fourth-order valence-electron chi connectivity index (χ4n) is 2.23. The second-order valence-corrected chi connectivity index (χ2v) is 5.16. The van der Waals surface area contributed by atoms with Crippen molar-refractivity contribution >= 4 is 17.3 Å². The molecule has 0 saturated carbocycles. The van der Waals surface area contributed by atoms with Crippen LogP contribution in [0.1, 0.15) is 39.1 Å². The summed E-state index contributed by atoms with van der Waals surface area (Å²) in [4.78, 5) is 18.5. The Bertz CT molecular complexity index is 363. The summed E-state index contributed by atoms with van der Waals surface area (Å²) < 4.78 is 5.09. The highest BCUT2D eigenvalue weighted by Crippen LogP contribution is 2.33. The summed E-state index contributed by atoms with van der Waals surface area (Å²) >= 11 is 1.59. The fraction of sp³-hybridized carbons (Fsp3) is 0.692. The van der Waals surface area contributed by atoms with Crippen molar-refractivity contribution in [2.75, 3.05) is 19.7 Å². The minimum Gasteiger partial charge on any atom is -0.466 e. The Labute approximate surface area is 113 Å². The van der Waals surface area contributed by atoms with E-state index in [4.69, 9.17) is 4.74 Å². The molecule has 1 aromatic rings. The van der Waals surface area contributed by atoms with Crippen LogP contribution in [-0.2, 0) is 15.1 Å². The number of hydrogen-bond donors (Lipinski definition) is 0. The Morgan fingerprint density at radius 3 is 2.56 bits per heavy atom. The number of ether oxygens (including phenoxy) is 1. The maximum Gasteiger partial charge on any atom is 0.308 e. The average Bonchev–Trinajstić information content (AvgIpc) is 2.84. The summed E-state index contributed by atoms with van der Waals surface area (Å²) in [5, 5.41) is 2.92. The molecule has 0 N–H and O–H groups in total. The van der Waals surface area contributed by atoms with Gasteiger partial charge >= 0.3 is 5.97 Å². The maximum absolute atomic E-state index is 11.8. The van der Waals surface area contributed by atoms with E-state index in [1.807, 2.05) is 12.3 Å². The van der Waals surface area contributed by atoms with Crippen LogP contribution < -0.4 is 0 Å². The highest BCUT2D eigenvalue weighted by Gasteiger charge is 2.37. The van der Waals surface area contributed by atoms with E-state index in [1.54, 1.807) is 17.5 Å². The SMILES string of the molecule is CCOC(=O)CC(C)(c1nccs1)N(CC)CC. The number of esters is 1. The highest BCUT2D eigenvalue weighted by atomic mass is 32.1. The summed E-state index contributed by atoms with van der Waals surface area (Å²) in [6.07, 6.45) is 2.13. The van der Waals surface area contributed by atoms with Gasteiger partial charge in [-0.15, -0.1) is 11.3 Å². The van der Waals surface area contributed by atoms with Crippen molar-refractivity contribution in [2.45, 2.75) is 39.7 Å². The number of carbonyl (C=O) groups is 1. The van der Waals surface area contributed by atoms with Crippen LogP contribution in [-0.4, -0.2) is 35.5 Å². The first-order valence-electron chi connectivity index (χ1n) is 6.39. The van der Waals surface area contributed by atoms with Gasteiger partial charge in [-0.25, -0.2) is 4.98 Å². The van der Waals surface area contributed by atoms with Crippen LogP contribution in [0.15, 0.2) is 11.6 Å². The molecule has 0 saturated heterocycles. The maximum atomic E-state index is 11.8. The molecule has 102 valence electrons. The van der Waals surface area contributed by atoms with Gasteiger partial charge in [0.05, 0.1) is 18.6 Å². The molecular weight excluding hydrogens is 248 g/mol. The molecule has 0 fully saturated rings. The van der Waals surface area contributed by atoms with Gasteiger partial charge in [-0.05, 0) is 26.9 Å². The molecule has 0 amide bonds. The molecule has 0 radical (unpaired) electrons. The summed E-state index contributed by atoms with van der Waals surface area (Å²) in [5.74, 6) is -0.165. The summed E-state index contributed by atoms with van der Waals surface area (Å²) in [6.45, 7) is 10.3. The third-order valence-corrected chi connectivity index (χ3v) is 4.17. The van der Waals surface area contributed by atoms with Crippen LogP contribution in [0.3, 0.4) is 0 Å². The Morgan fingerprint density at radius 1 is 1.44 bits per heavy atom. The Kier molecular flexibility index (Phi) is 5.75. The molecule has 1 heterocycles. The first-order valence-corrected chi connectivity index (χ1v) is 7.27. The van der Waals surface area contributed by atoms with Crippen molar-refractivity contribution in [3.05, 3.63) is 16.6 Å². The predicted octanol–water partition coefficient (Wildman–Crippen LogP) is 2.65. The third-order valence-electron chi connectivity index (χ3n) is 3.15. The van der Waals surface area contributed by atoms with E-state index in [9.17, 15) is 4.79 Å². The molecule has 1 atom stereocenters. The first-order chi connectivity index (χ1) is 8.58. The van der Waals surface area contributed by atoms with E-state index in [1.165, 1.54) is 0 Å². The number of carbonyl (C=O) groups excluding carboxylic acids is 1. The van der Waals surface area contributed by atoms with Crippen LogP contribution in [0, 0.1) is 0 Å². The monoisotopic (exact) mass is 270 g/mol. The number of aromatic nitrogens is 1. The fourth-order valence-corrected chi connectivity index (χ4v) is 3.05. The molecule has 1 unspecified atom stereocenters. The van der Waals surface area contributed by atoms with Crippen LogP contribution in [0.2, 0.25) is 0 Å². The normalized spacial score (nSPS) is 14.5. The molecule has 1 rings (SSSR count). The molecule has 0 spiro atoms. The molecular formula is C13H22N2O2S. The highest BCUT2D eigenvalue weighted by molar-refractivity contribution is 7.09. The number of rotatable bonds is 7. The van der Waals surface area contributed by atoms with Crippen molar-refractivity contribution in [2.24, 2.45) is 0 Å². The minimum atomic E-state index is -0.371. The van der Waals surface area contributed by atoms with E-state index in [2.05, 4.69) is 30.7 Å². The molecule has 5 heteroatoms. The molecule has 0 aliphatic heterocycles. The molecule has 1 aromatic heterocycles. The third kappa shape index (κ3) is 3.29. The van der Waals surface area contributed by atoms with Gasteiger partial charge in [0.1, 0.15) is 5.01 Å². The molecule has 0 aliphatic rings. The van der Waals surface area contributed by atoms with Gasteiger partial charge in [0.15, 0.2) is 0 Å². The summed E-state index contributed by atoms with van der Waals surface area (Å²) in [5.41, 5.74) is -0.371. The Morgan fingerprint density at radius 2 is 2.11 bits per heavy atom. The number of thiazole rings is 1. The lowest BCUT2D eigenvalue weighted by molar-refractivity contribution is -0.146. The summed E-state index contributed by atoms with van der Waals surface area (Å²) in [6, 6.07) is 0. The zero-order chi connectivity index (χ0) is 13.6. The lowest BCUT2D eigenvalue weighted by atomic mass is 9.96. The van der Waals surface area contributed by atoms with E-state index in [0.717, 1.165) is 18.1 Å². The van der Waals surface area contributed by atoms with Crippen LogP contribution >= 0.6 is 11.3 Å². The van der Waals surface area contributed by atoms with E-state index >= 15 is 0 Å². The second kappa shape index (κ2) is 6.85. The number of nitrogens with zero attached hydrogens (tertiary/aromatic N) is 2. The Hall–Kier alpha value is -0.940. The zero-order valence-corrected chi connectivity index (χ0v) is 12.4. The zero-order valence-electron chi connectivity index (χ0n) is 11.6. The van der Waals surface area contributed by atoms with Crippen molar-refractivity contribution in [1.29, 1.82) is 0 Å². The largest absolute Gasteiger partial charge is 0.466 e. The Balaban J connectivity index is 2.97. The van der Waals surface area contributed by atoms with Crippen LogP contribution in [0.4, 0.5) is 0 Å². The number of hydrogen-bond acceptors (Lipinski definition) is 5. The smallest absolute Gasteiger partial charge is 0.308 e. The lowest BCUT2D eigenvalue weighted by Crippen LogP contribution is -2.45. The van der Waals surface area contributed by atoms with Crippen molar-refractivity contribution in [3.8, 4) is 0 Å². The van der Waals surface area contributed by atoms with E-state index < -0.39 is 0 Å². The molecule has 4 nitrogen and oxygen atoms in total.